The Morgan fingerprint density at radius 1 is 1.24 bits per heavy atom. The number of hydrogen-bond donors (Lipinski definition) is 2. The van der Waals surface area contributed by atoms with Gasteiger partial charge in [-0.1, -0.05) is 35.9 Å². The predicted octanol–water partition coefficient (Wildman–Crippen LogP) is 2.79. The smallest absolute Gasteiger partial charge is 0.322 e. The minimum Gasteiger partial charge on any atom is -0.350 e. The van der Waals surface area contributed by atoms with Gasteiger partial charge in [0.05, 0.1) is 36.1 Å². The highest BCUT2D eigenvalue weighted by Gasteiger charge is 2.43. The Bertz CT molecular complexity index is 1100. The number of benzene rings is 1. The maximum Gasteiger partial charge on any atom is 0.322 e. The number of hydrogen-bond acceptors (Lipinski definition) is 4. The Kier molecular flexibility index (Phi) is 6.74. The van der Waals surface area contributed by atoms with Crippen LogP contribution in [0.15, 0.2) is 72.6 Å². The molecule has 1 aromatic carbocycles. The van der Waals surface area contributed by atoms with Crippen molar-refractivity contribution in [1.82, 2.24) is 25.4 Å². The Balaban J connectivity index is 1.47. The molecule has 170 valence electrons. The number of nitrogens with one attached hydrogen (secondary N) is 2. The molecule has 2 N–H and O–H groups in total. The molecule has 2 aromatic rings. The van der Waals surface area contributed by atoms with Gasteiger partial charge in [0.2, 0.25) is 5.91 Å². The predicted molar refractivity (Wildman–Crippen MR) is 124 cm³/mol. The summed E-state index contributed by atoms with van der Waals surface area (Å²) in [5.74, 6) is -0.374. The first-order valence-electron chi connectivity index (χ1n) is 10.6. The Hall–Kier alpha value is -3.65. The Labute approximate surface area is 196 Å². The van der Waals surface area contributed by atoms with Crippen LogP contribution in [-0.2, 0) is 16.1 Å². The van der Waals surface area contributed by atoms with Crippen molar-refractivity contribution < 1.29 is 14.4 Å². The monoisotopic (exact) mass is 465 g/mol. The second-order valence-corrected chi connectivity index (χ2v) is 8.20. The van der Waals surface area contributed by atoms with Crippen molar-refractivity contribution in [3.63, 3.8) is 0 Å². The van der Waals surface area contributed by atoms with Crippen LogP contribution >= 0.6 is 11.6 Å². The maximum atomic E-state index is 13.3. The third-order valence-corrected chi connectivity index (χ3v) is 5.87. The fourth-order valence-corrected chi connectivity index (χ4v) is 4.10. The van der Waals surface area contributed by atoms with Crippen molar-refractivity contribution in [3.05, 3.63) is 88.9 Å². The molecule has 4 rings (SSSR count). The molecule has 0 bridgehead atoms. The van der Waals surface area contributed by atoms with Crippen LogP contribution in [-0.4, -0.2) is 52.3 Å². The van der Waals surface area contributed by atoms with Crippen LogP contribution in [0.3, 0.4) is 0 Å². The highest BCUT2D eigenvalue weighted by atomic mass is 35.5. The standard InChI is InChI=1S/C24H24ClN5O3/c1-2-12-30-19-15-29(13-10-20(31)27-14-18-5-3-4-11-26-18)23(32)21(19)22(28-24(30)33)16-6-8-17(25)9-7-16/h2-9,11,22H,1,10,12-15H2,(H,27,31)(H,28,33)/t22-/m1/s1. The lowest BCUT2D eigenvalue weighted by molar-refractivity contribution is -0.127. The first kappa shape index (κ1) is 22.5. The van der Waals surface area contributed by atoms with Crippen molar-refractivity contribution in [1.29, 1.82) is 0 Å². The molecule has 9 heteroatoms. The summed E-state index contributed by atoms with van der Waals surface area (Å²) in [6, 6.07) is 11.7. The Morgan fingerprint density at radius 2 is 2.03 bits per heavy atom. The number of nitrogens with zero attached hydrogens (tertiary/aromatic N) is 3. The molecule has 0 saturated carbocycles. The molecule has 0 radical (unpaired) electrons. The number of pyridine rings is 1. The maximum absolute atomic E-state index is 13.3. The molecule has 0 spiro atoms. The molecule has 2 aliphatic heterocycles. The molecule has 1 atom stereocenters. The van der Waals surface area contributed by atoms with Gasteiger partial charge in [-0.15, -0.1) is 6.58 Å². The lowest BCUT2D eigenvalue weighted by Gasteiger charge is -2.33. The summed E-state index contributed by atoms with van der Waals surface area (Å²) in [4.78, 5) is 45.8. The highest BCUT2D eigenvalue weighted by Crippen LogP contribution is 2.36. The van der Waals surface area contributed by atoms with Crippen LogP contribution < -0.4 is 10.6 Å². The Morgan fingerprint density at radius 3 is 2.73 bits per heavy atom. The largest absolute Gasteiger partial charge is 0.350 e. The number of aromatic nitrogens is 1. The lowest BCUT2D eigenvalue weighted by Crippen LogP contribution is -2.47. The molecule has 0 unspecified atom stereocenters. The van der Waals surface area contributed by atoms with Gasteiger partial charge >= 0.3 is 6.03 Å². The van der Waals surface area contributed by atoms with Crippen LogP contribution in [0.5, 0.6) is 0 Å². The van der Waals surface area contributed by atoms with Crippen molar-refractivity contribution in [3.8, 4) is 0 Å². The molecule has 4 amide bonds. The summed E-state index contributed by atoms with van der Waals surface area (Å²) in [6.07, 6.45) is 3.43. The van der Waals surface area contributed by atoms with Gasteiger partial charge in [-0.2, -0.15) is 0 Å². The van der Waals surface area contributed by atoms with E-state index in [4.69, 9.17) is 11.6 Å². The fraction of sp³-hybridized carbons (Fsp3) is 0.250. The second-order valence-electron chi connectivity index (χ2n) is 7.77. The zero-order valence-electron chi connectivity index (χ0n) is 18.0. The molecule has 0 saturated heterocycles. The van der Waals surface area contributed by atoms with E-state index in [1.165, 1.54) is 4.90 Å². The van der Waals surface area contributed by atoms with Gasteiger partial charge in [-0.25, -0.2) is 4.79 Å². The number of amides is 4. The van der Waals surface area contributed by atoms with Crippen LogP contribution in [0.25, 0.3) is 0 Å². The minimum absolute atomic E-state index is 0.146. The van der Waals surface area contributed by atoms with Gasteiger partial charge < -0.3 is 15.5 Å². The molecule has 2 aliphatic rings. The topological polar surface area (TPSA) is 94.6 Å². The molecule has 0 fully saturated rings. The first-order valence-corrected chi connectivity index (χ1v) is 11.0. The quantitative estimate of drug-likeness (QED) is 0.586. The normalized spacial score (nSPS) is 17.7. The van der Waals surface area contributed by atoms with Crippen LogP contribution in [0.1, 0.15) is 23.7 Å². The van der Waals surface area contributed by atoms with E-state index in [1.54, 1.807) is 41.4 Å². The third-order valence-electron chi connectivity index (χ3n) is 5.61. The van der Waals surface area contributed by atoms with Crippen molar-refractivity contribution in [2.75, 3.05) is 19.6 Å². The highest BCUT2D eigenvalue weighted by molar-refractivity contribution is 6.30. The van der Waals surface area contributed by atoms with Gasteiger partial charge in [0.15, 0.2) is 0 Å². The summed E-state index contributed by atoms with van der Waals surface area (Å²) in [5.41, 5.74) is 2.67. The van der Waals surface area contributed by atoms with Crippen molar-refractivity contribution >= 4 is 29.4 Å². The van der Waals surface area contributed by atoms with Gasteiger partial charge in [0, 0.05) is 30.7 Å². The van der Waals surface area contributed by atoms with Crippen LogP contribution in [0, 0.1) is 0 Å². The summed E-state index contributed by atoms with van der Waals surface area (Å²) < 4.78 is 0. The molecule has 1 aromatic heterocycles. The average molecular weight is 466 g/mol. The number of halogens is 1. The number of rotatable bonds is 8. The second kappa shape index (κ2) is 9.87. The summed E-state index contributed by atoms with van der Waals surface area (Å²) in [6.45, 7) is 4.82. The van der Waals surface area contributed by atoms with E-state index in [9.17, 15) is 14.4 Å². The number of urea groups is 1. The third kappa shape index (κ3) is 4.90. The molecule has 0 aliphatic carbocycles. The van der Waals surface area contributed by atoms with E-state index in [0.717, 1.165) is 11.3 Å². The first-order chi connectivity index (χ1) is 16.0. The SMILES string of the molecule is C=CCN1C(=O)N[C@H](c2ccc(Cl)cc2)C2=C1CN(CCC(=O)NCc1ccccn1)C2=O. The van der Waals surface area contributed by atoms with E-state index in [0.29, 0.717) is 22.8 Å². The summed E-state index contributed by atoms with van der Waals surface area (Å²) >= 11 is 6.01. The van der Waals surface area contributed by atoms with E-state index in [2.05, 4.69) is 22.2 Å². The number of carbonyl (C=O) groups is 3. The van der Waals surface area contributed by atoms with Crippen molar-refractivity contribution in [2.24, 2.45) is 0 Å². The summed E-state index contributed by atoms with van der Waals surface area (Å²) in [5, 5.41) is 6.31. The molecule has 33 heavy (non-hydrogen) atoms. The molecule has 3 heterocycles. The summed E-state index contributed by atoms with van der Waals surface area (Å²) in [7, 11) is 0. The molecular weight excluding hydrogens is 442 g/mol. The van der Waals surface area contributed by atoms with E-state index in [1.807, 2.05) is 18.2 Å². The van der Waals surface area contributed by atoms with Gasteiger partial charge in [-0.05, 0) is 29.8 Å². The van der Waals surface area contributed by atoms with Crippen molar-refractivity contribution in [2.45, 2.75) is 19.0 Å². The fourth-order valence-electron chi connectivity index (χ4n) is 3.97. The zero-order valence-corrected chi connectivity index (χ0v) is 18.7. The van der Waals surface area contributed by atoms with E-state index < -0.39 is 6.04 Å². The van der Waals surface area contributed by atoms with E-state index in [-0.39, 0.29) is 43.9 Å². The van der Waals surface area contributed by atoms with Gasteiger partial charge in [-0.3, -0.25) is 19.5 Å². The van der Waals surface area contributed by atoms with Gasteiger partial charge in [0.1, 0.15) is 0 Å². The molecule has 8 nitrogen and oxygen atoms in total. The zero-order chi connectivity index (χ0) is 23.4. The average Bonchev–Trinajstić information content (AvgIpc) is 3.15. The molecular formula is C24H24ClN5O3. The minimum atomic E-state index is -0.582. The van der Waals surface area contributed by atoms with Gasteiger partial charge in [0.25, 0.3) is 5.91 Å². The van der Waals surface area contributed by atoms with E-state index >= 15 is 0 Å². The van der Waals surface area contributed by atoms with Crippen LogP contribution in [0.2, 0.25) is 5.02 Å². The van der Waals surface area contributed by atoms with Crippen LogP contribution in [0.4, 0.5) is 4.79 Å². The number of carbonyl (C=O) groups excluding carboxylic acids is 3. The lowest BCUT2D eigenvalue weighted by atomic mass is 9.95.